The zero-order chi connectivity index (χ0) is 28.8. The molecule has 1 aromatic rings. The fourth-order valence-corrected chi connectivity index (χ4v) is 7.16. The van der Waals surface area contributed by atoms with Crippen LogP contribution in [0.5, 0.6) is 0 Å². The van der Waals surface area contributed by atoms with Crippen molar-refractivity contribution in [3.8, 4) is 0 Å². The van der Waals surface area contributed by atoms with Crippen molar-refractivity contribution in [3.63, 3.8) is 0 Å². The molecule has 1 aliphatic rings. The van der Waals surface area contributed by atoms with Crippen LogP contribution in [-0.2, 0) is 18.0 Å². The first-order valence-electron chi connectivity index (χ1n) is 13.8. The monoisotopic (exact) mass is 568 g/mol. The van der Waals surface area contributed by atoms with Crippen LogP contribution in [-0.4, -0.2) is 54.9 Å². The zero-order valence-electron chi connectivity index (χ0n) is 26.4. The fraction of sp³-hybridized carbons (Fsp3) is 0.821. The van der Waals surface area contributed by atoms with Crippen molar-refractivity contribution in [1.29, 1.82) is 0 Å². The highest BCUT2D eigenvalue weighted by Gasteiger charge is 2.55. The minimum Gasteiger partial charge on any atom is -0.414 e. The van der Waals surface area contributed by atoms with E-state index < -0.39 is 25.0 Å². The van der Waals surface area contributed by atoms with E-state index in [0.717, 1.165) is 5.69 Å². The quantitative estimate of drug-likeness (QED) is 0.321. The molecule has 1 aliphatic heterocycles. The van der Waals surface area contributed by atoms with Gasteiger partial charge < -0.3 is 23.7 Å². The molecule has 214 valence electrons. The molecule has 9 heteroatoms. The lowest BCUT2D eigenvalue weighted by Gasteiger charge is -2.44. The van der Waals surface area contributed by atoms with E-state index in [2.05, 4.69) is 107 Å². The van der Waals surface area contributed by atoms with E-state index in [0.29, 0.717) is 12.4 Å². The third kappa shape index (κ3) is 7.55. The predicted molar refractivity (Wildman–Crippen MR) is 164 cm³/mol. The van der Waals surface area contributed by atoms with Crippen LogP contribution in [0.3, 0.4) is 0 Å². The Balaban J connectivity index is 2.59. The Morgan fingerprint density at radius 2 is 1.22 bits per heavy atom. The van der Waals surface area contributed by atoms with Gasteiger partial charge >= 0.3 is 0 Å². The van der Waals surface area contributed by atoms with Gasteiger partial charge in [0, 0.05) is 0 Å². The number of pyridine rings is 1. The number of aromatic nitrogens is 1. The maximum atomic E-state index is 7.17. The molecule has 1 saturated heterocycles. The summed E-state index contributed by atoms with van der Waals surface area (Å²) in [6, 6.07) is 5.74. The van der Waals surface area contributed by atoms with Crippen LogP contribution in [0, 0.1) is 0 Å². The molecule has 0 bridgehead atoms. The van der Waals surface area contributed by atoms with Gasteiger partial charge in [-0.3, -0.25) is 0 Å². The van der Waals surface area contributed by atoms with Gasteiger partial charge in [0.1, 0.15) is 30.2 Å². The number of nitrogens with zero attached hydrogens (tertiary/aromatic N) is 1. The van der Waals surface area contributed by atoms with Crippen LogP contribution in [0.1, 0.15) is 74.1 Å². The molecule has 37 heavy (non-hydrogen) atoms. The molecule has 0 aromatic carbocycles. The number of ether oxygens (including phenoxy) is 1. The highest BCUT2D eigenvalue weighted by Crippen LogP contribution is 2.47. The van der Waals surface area contributed by atoms with Crippen LogP contribution in [0.25, 0.3) is 0 Å². The maximum absolute atomic E-state index is 7.17. The van der Waals surface area contributed by atoms with Crippen molar-refractivity contribution in [2.24, 2.45) is 0 Å². The first-order chi connectivity index (χ1) is 16.4. The van der Waals surface area contributed by atoms with E-state index in [1.54, 1.807) is 0 Å². The number of hydrogen-bond acceptors (Lipinski definition) is 6. The van der Waals surface area contributed by atoms with E-state index in [9.17, 15) is 0 Å². The Kier molecular flexibility index (Phi) is 9.52. The summed E-state index contributed by atoms with van der Waals surface area (Å²) in [7, 11) is -6.34. The van der Waals surface area contributed by atoms with Gasteiger partial charge in [-0.2, -0.15) is 0 Å². The molecule has 0 radical (unpaired) electrons. The Bertz CT molecular complexity index is 917. The summed E-state index contributed by atoms with van der Waals surface area (Å²) in [5, 5.41) is 0.193. The van der Waals surface area contributed by atoms with E-state index in [-0.39, 0.29) is 39.5 Å². The smallest absolute Gasteiger partial charge is 0.192 e. The summed E-state index contributed by atoms with van der Waals surface area (Å²) >= 11 is 0. The van der Waals surface area contributed by atoms with Gasteiger partial charge in [-0.15, -0.1) is 0 Å². The summed E-state index contributed by atoms with van der Waals surface area (Å²) in [6.45, 7) is 34.7. The van der Waals surface area contributed by atoms with Gasteiger partial charge in [-0.1, -0.05) is 68.4 Å². The van der Waals surface area contributed by atoms with Gasteiger partial charge in [0.05, 0.1) is 12.3 Å². The van der Waals surface area contributed by atoms with Crippen LogP contribution >= 0.6 is 0 Å². The first kappa shape index (κ1) is 32.7. The third-order valence-corrected chi connectivity index (χ3v) is 22.7. The second kappa shape index (κ2) is 10.8. The molecule has 2 heterocycles. The standard InChI is InChI=1S/C28H56N2O4Si3/c1-26(2,3)35(10,11)31-19-21-24(33-36(12,13)27(4,5)6)25(34-37(14,15)28(7,8)9)23(32-21)20-17-16-18-22(29)30-20/h16-18,21,23-25H,19H2,1-15H3,(H2,29,30)/t21-,23+,24-,25+/m1/s1. The lowest BCUT2D eigenvalue weighted by atomic mass is 10.1. The highest BCUT2D eigenvalue weighted by molar-refractivity contribution is 6.75. The Hall–Kier alpha value is -0.559. The van der Waals surface area contributed by atoms with Gasteiger partial charge in [0.15, 0.2) is 25.0 Å². The number of anilines is 1. The molecule has 1 fully saturated rings. The number of rotatable bonds is 8. The van der Waals surface area contributed by atoms with Crippen molar-refractivity contribution in [3.05, 3.63) is 23.9 Å². The van der Waals surface area contributed by atoms with Gasteiger partial charge in [-0.25, -0.2) is 4.98 Å². The molecule has 0 aliphatic carbocycles. The lowest BCUT2D eigenvalue weighted by Crippen LogP contribution is -2.54. The topological polar surface area (TPSA) is 75.8 Å². The van der Waals surface area contributed by atoms with Crippen molar-refractivity contribution < 1.29 is 18.0 Å². The number of nitrogens with two attached hydrogens (primary N) is 1. The summed E-state index contributed by atoms with van der Waals surface area (Å²) < 4.78 is 27.9. The van der Waals surface area contributed by atoms with Crippen molar-refractivity contribution in [1.82, 2.24) is 4.98 Å². The van der Waals surface area contributed by atoms with Crippen molar-refractivity contribution in [2.45, 2.75) is 141 Å². The predicted octanol–water partition coefficient (Wildman–Crippen LogP) is 7.91. The minimum absolute atomic E-state index is 0.0396. The minimum atomic E-state index is -2.18. The molecule has 2 N–H and O–H groups in total. The largest absolute Gasteiger partial charge is 0.414 e. The molecule has 0 saturated carbocycles. The molecular weight excluding hydrogens is 513 g/mol. The molecule has 2 rings (SSSR count). The molecule has 1 aromatic heterocycles. The first-order valence-corrected chi connectivity index (χ1v) is 22.5. The van der Waals surface area contributed by atoms with Crippen LogP contribution in [0.4, 0.5) is 5.82 Å². The molecule has 0 amide bonds. The van der Waals surface area contributed by atoms with Crippen LogP contribution in [0.2, 0.25) is 54.4 Å². The summed E-state index contributed by atoms with van der Waals surface area (Å²) in [5.74, 6) is 0.481. The molecule has 0 spiro atoms. The Morgan fingerprint density at radius 3 is 1.65 bits per heavy atom. The van der Waals surface area contributed by atoms with E-state index in [1.807, 2.05) is 18.2 Å². The molecule has 6 nitrogen and oxygen atoms in total. The average molecular weight is 569 g/mol. The summed E-state index contributed by atoms with van der Waals surface area (Å²) in [5.41, 5.74) is 6.91. The van der Waals surface area contributed by atoms with Crippen molar-refractivity contribution >= 4 is 30.8 Å². The lowest BCUT2D eigenvalue weighted by molar-refractivity contribution is -0.0185. The number of hydrogen-bond donors (Lipinski definition) is 1. The molecular formula is C28H56N2O4Si3. The van der Waals surface area contributed by atoms with Gasteiger partial charge in [-0.05, 0) is 66.5 Å². The molecule has 4 atom stereocenters. The van der Waals surface area contributed by atoms with Crippen molar-refractivity contribution in [2.75, 3.05) is 12.3 Å². The third-order valence-electron chi connectivity index (χ3n) is 9.28. The second-order valence-electron chi connectivity index (χ2n) is 15.3. The Labute approximate surface area is 230 Å². The van der Waals surface area contributed by atoms with Gasteiger partial charge in [0.25, 0.3) is 0 Å². The van der Waals surface area contributed by atoms with E-state index in [4.69, 9.17) is 23.7 Å². The fourth-order valence-electron chi connectivity index (χ4n) is 3.54. The maximum Gasteiger partial charge on any atom is 0.192 e. The van der Waals surface area contributed by atoms with E-state index >= 15 is 0 Å². The zero-order valence-corrected chi connectivity index (χ0v) is 29.4. The normalized spacial score (nSPS) is 24.5. The SMILES string of the molecule is CC(C)(C)[Si](C)(C)OC[C@H]1O[C@@H](c2cccc(N)n2)[C@H](O[Si](C)(C)C(C)(C)C)[C@@H]1O[Si](C)(C)C(C)(C)C. The average Bonchev–Trinajstić information content (AvgIpc) is 3.00. The Morgan fingerprint density at radius 1 is 0.757 bits per heavy atom. The second-order valence-corrected chi connectivity index (χ2v) is 29.7. The van der Waals surface area contributed by atoms with E-state index in [1.165, 1.54) is 0 Å². The van der Waals surface area contributed by atoms with Gasteiger partial charge in [0.2, 0.25) is 0 Å². The van der Waals surface area contributed by atoms with Crippen LogP contribution < -0.4 is 5.73 Å². The highest BCUT2D eigenvalue weighted by atomic mass is 28.4. The summed E-state index contributed by atoms with van der Waals surface area (Å²) in [6.07, 6.45) is -1.18. The van der Waals surface area contributed by atoms with Crippen LogP contribution in [0.15, 0.2) is 18.2 Å². The summed E-state index contributed by atoms with van der Waals surface area (Å²) in [4.78, 5) is 4.67. The number of nitrogen functional groups attached to an aromatic ring is 1. The molecule has 0 unspecified atom stereocenters.